The van der Waals surface area contributed by atoms with Crippen LogP contribution >= 0.6 is 27.5 Å². The molecule has 0 unspecified atom stereocenters. The predicted octanol–water partition coefficient (Wildman–Crippen LogP) is 3.91. The van der Waals surface area contributed by atoms with Crippen LogP contribution in [0.25, 0.3) is 0 Å². The molecular weight excluding hydrogens is 451 g/mol. The number of benzene rings is 2. The normalized spacial score (nSPS) is 15.9. The Bertz CT molecular complexity index is 870. The Morgan fingerprint density at radius 1 is 1.11 bits per heavy atom. The van der Waals surface area contributed by atoms with Crippen molar-refractivity contribution in [2.75, 3.05) is 33.3 Å². The molecule has 1 amide bonds. The van der Waals surface area contributed by atoms with Crippen molar-refractivity contribution >= 4 is 39.4 Å². The summed E-state index contributed by atoms with van der Waals surface area (Å²) in [5.74, 6) is -1.07. The first kappa shape index (κ1) is 20.8. The van der Waals surface area contributed by atoms with Crippen LogP contribution in [-0.2, 0) is 9.53 Å². The van der Waals surface area contributed by atoms with Crippen LogP contribution in [0.1, 0.15) is 22.0 Å². The number of methoxy groups -OCH3 is 1. The van der Waals surface area contributed by atoms with Crippen molar-refractivity contribution in [2.45, 2.75) is 6.04 Å². The van der Waals surface area contributed by atoms with Crippen LogP contribution in [0.4, 0.5) is 4.39 Å². The average Bonchev–Trinajstić information content (AvgIpc) is 2.71. The number of halogens is 3. The van der Waals surface area contributed by atoms with E-state index in [1.165, 1.54) is 25.3 Å². The van der Waals surface area contributed by atoms with Gasteiger partial charge >= 0.3 is 5.97 Å². The molecule has 1 aliphatic heterocycles. The lowest BCUT2D eigenvalue weighted by atomic mass is 10.0. The standard InChI is InChI=1S/C20H19BrClFN2O3/c1-28-20(27)18(13-2-4-14(22)5-3-13)24-8-10-25(11-9-24)19(26)16-12-15(23)6-7-17(16)21/h2-7,12,18H,8-11H2,1H3/t18-/m0/s1. The molecule has 0 aliphatic carbocycles. The molecule has 0 bridgehead atoms. The van der Waals surface area contributed by atoms with E-state index in [0.717, 1.165) is 5.56 Å². The second kappa shape index (κ2) is 9.03. The van der Waals surface area contributed by atoms with Crippen LogP contribution in [0.5, 0.6) is 0 Å². The highest BCUT2D eigenvalue weighted by molar-refractivity contribution is 9.10. The highest BCUT2D eigenvalue weighted by Crippen LogP contribution is 2.26. The minimum absolute atomic E-state index is 0.243. The van der Waals surface area contributed by atoms with Crippen LogP contribution < -0.4 is 0 Å². The second-order valence-electron chi connectivity index (χ2n) is 6.43. The molecule has 28 heavy (non-hydrogen) atoms. The van der Waals surface area contributed by atoms with Gasteiger partial charge < -0.3 is 9.64 Å². The fraction of sp³-hybridized carbons (Fsp3) is 0.300. The van der Waals surface area contributed by atoms with Gasteiger partial charge in [0.05, 0.1) is 12.7 Å². The van der Waals surface area contributed by atoms with E-state index in [2.05, 4.69) is 15.9 Å². The van der Waals surface area contributed by atoms with Gasteiger partial charge in [0.1, 0.15) is 11.9 Å². The van der Waals surface area contributed by atoms with Crippen molar-refractivity contribution in [3.05, 3.63) is 68.9 Å². The highest BCUT2D eigenvalue weighted by Gasteiger charge is 2.33. The topological polar surface area (TPSA) is 49.9 Å². The van der Waals surface area contributed by atoms with Gasteiger partial charge in [0.2, 0.25) is 0 Å². The number of esters is 1. The zero-order valence-electron chi connectivity index (χ0n) is 15.2. The zero-order chi connectivity index (χ0) is 20.3. The van der Waals surface area contributed by atoms with Gasteiger partial charge in [0, 0.05) is 35.7 Å². The number of hydrogen-bond donors (Lipinski definition) is 0. The Labute approximate surface area is 176 Å². The largest absolute Gasteiger partial charge is 0.468 e. The van der Waals surface area contributed by atoms with Gasteiger partial charge in [-0.15, -0.1) is 0 Å². The maximum Gasteiger partial charge on any atom is 0.327 e. The maximum atomic E-state index is 13.5. The van der Waals surface area contributed by atoms with E-state index in [1.807, 2.05) is 4.90 Å². The molecule has 1 aliphatic rings. The molecule has 0 radical (unpaired) electrons. The van der Waals surface area contributed by atoms with Crippen molar-refractivity contribution in [2.24, 2.45) is 0 Å². The summed E-state index contributed by atoms with van der Waals surface area (Å²) in [6, 6.07) is 10.5. The quantitative estimate of drug-likeness (QED) is 0.637. The molecule has 2 aromatic carbocycles. The summed E-state index contributed by atoms with van der Waals surface area (Å²) in [5, 5.41) is 0.587. The molecule has 0 spiro atoms. The summed E-state index contributed by atoms with van der Waals surface area (Å²) in [4.78, 5) is 28.8. The van der Waals surface area contributed by atoms with E-state index in [1.54, 1.807) is 29.2 Å². The molecule has 0 aromatic heterocycles. The van der Waals surface area contributed by atoms with E-state index in [-0.39, 0.29) is 17.4 Å². The highest BCUT2D eigenvalue weighted by atomic mass is 79.9. The van der Waals surface area contributed by atoms with Crippen LogP contribution in [0.3, 0.4) is 0 Å². The van der Waals surface area contributed by atoms with Crippen molar-refractivity contribution in [3.8, 4) is 0 Å². The molecule has 3 rings (SSSR count). The molecule has 0 saturated carbocycles. The minimum atomic E-state index is -0.569. The fourth-order valence-electron chi connectivity index (χ4n) is 3.27. The van der Waals surface area contributed by atoms with Crippen molar-refractivity contribution < 1.29 is 18.7 Å². The van der Waals surface area contributed by atoms with Crippen LogP contribution in [-0.4, -0.2) is 55.0 Å². The van der Waals surface area contributed by atoms with Crippen molar-refractivity contribution in [1.82, 2.24) is 9.80 Å². The molecule has 1 fully saturated rings. The van der Waals surface area contributed by atoms with Crippen LogP contribution in [0, 0.1) is 5.82 Å². The number of rotatable bonds is 4. The van der Waals surface area contributed by atoms with E-state index in [9.17, 15) is 14.0 Å². The molecule has 148 valence electrons. The number of amides is 1. The third kappa shape index (κ3) is 4.54. The van der Waals surface area contributed by atoms with Gasteiger partial charge in [-0.1, -0.05) is 23.7 Å². The summed E-state index contributed by atoms with van der Waals surface area (Å²) in [5.41, 5.74) is 1.07. The molecule has 2 aromatic rings. The second-order valence-corrected chi connectivity index (χ2v) is 7.72. The number of nitrogens with zero attached hydrogens (tertiary/aromatic N) is 2. The number of carbonyl (C=O) groups is 2. The molecule has 1 heterocycles. The lowest BCUT2D eigenvalue weighted by Gasteiger charge is -2.38. The third-order valence-electron chi connectivity index (χ3n) is 4.74. The summed E-state index contributed by atoms with van der Waals surface area (Å²) in [6.45, 7) is 1.81. The minimum Gasteiger partial charge on any atom is -0.468 e. The molecular formula is C20H19BrClFN2O3. The Morgan fingerprint density at radius 3 is 2.36 bits per heavy atom. The summed E-state index contributed by atoms with van der Waals surface area (Å²) >= 11 is 9.25. The molecule has 8 heteroatoms. The average molecular weight is 470 g/mol. The first-order valence-electron chi connectivity index (χ1n) is 8.72. The SMILES string of the molecule is COC(=O)[C@H](c1ccc(Cl)cc1)N1CCN(C(=O)c2cc(F)ccc2Br)CC1. The molecule has 5 nitrogen and oxygen atoms in total. The third-order valence-corrected chi connectivity index (χ3v) is 5.68. The van der Waals surface area contributed by atoms with E-state index in [4.69, 9.17) is 16.3 Å². The summed E-state index contributed by atoms with van der Waals surface area (Å²) in [6.07, 6.45) is 0. The summed E-state index contributed by atoms with van der Waals surface area (Å²) < 4.78 is 19.1. The molecule has 0 N–H and O–H groups in total. The zero-order valence-corrected chi connectivity index (χ0v) is 17.5. The van der Waals surface area contributed by atoms with Crippen LogP contribution in [0.15, 0.2) is 46.9 Å². The van der Waals surface area contributed by atoms with Gasteiger partial charge in [-0.3, -0.25) is 9.69 Å². The van der Waals surface area contributed by atoms with Gasteiger partial charge in [-0.25, -0.2) is 9.18 Å². The van der Waals surface area contributed by atoms with E-state index in [0.29, 0.717) is 35.7 Å². The lowest BCUT2D eigenvalue weighted by molar-refractivity contribution is -0.148. The van der Waals surface area contributed by atoms with Crippen molar-refractivity contribution in [1.29, 1.82) is 0 Å². The van der Waals surface area contributed by atoms with Gasteiger partial charge in [0.15, 0.2) is 0 Å². The number of hydrogen-bond acceptors (Lipinski definition) is 4. The number of carbonyl (C=O) groups excluding carboxylic acids is 2. The van der Waals surface area contributed by atoms with Gasteiger partial charge in [0.25, 0.3) is 5.91 Å². The van der Waals surface area contributed by atoms with E-state index < -0.39 is 11.9 Å². The molecule has 1 atom stereocenters. The lowest BCUT2D eigenvalue weighted by Crippen LogP contribution is -2.51. The number of ether oxygens (including phenoxy) is 1. The first-order chi connectivity index (χ1) is 13.4. The Hall–Kier alpha value is -1.96. The van der Waals surface area contributed by atoms with Gasteiger partial charge in [-0.05, 0) is 51.8 Å². The Kier molecular flexibility index (Phi) is 6.69. The maximum absolute atomic E-state index is 13.5. The van der Waals surface area contributed by atoms with E-state index >= 15 is 0 Å². The van der Waals surface area contributed by atoms with Gasteiger partial charge in [-0.2, -0.15) is 0 Å². The monoisotopic (exact) mass is 468 g/mol. The number of piperazine rings is 1. The van der Waals surface area contributed by atoms with Crippen molar-refractivity contribution in [3.63, 3.8) is 0 Å². The van der Waals surface area contributed by atoms with Crippen LogP contribution in [0.2, 0.25) is 5.02 Å². The Balaban J connectivity index is 1.73. The smallest absolute Gasteiger partial charge is 0.327 e. The Morgan fingerprint density at radius 2 is 1.75 bits per heavy atom. The fourth-order valence-corrected chi connectivity index (χ4v) is 3.81. The first-order valence-corrected chi connectivity index (χ1v) is 9.89. The predicted molar refractivity (Wildman–Crippen MR) is 108 cm³/mol. The summed E-state index contributed by atoms with van der Waals surface area (Å²) in [7, 11) is 1.35. The molecule has 1 saturated heterocycles.